The van der Waals surface area contributed by atoms with Gasteiger partial charge in [-0.3, -0.25) is 0 Å². The molecule has 0 spiro atoms. The fraction of sp³-hybridized carbons (Fsp3) is 0.778. The Labute approximate surface area is 354 Å². The van der Waals surface area contributed by atoms with Gasteiger partial charge in [-0.2, -0.15) is 0 Å². The van der Waals surface area contributed by atoms with Crippen LogP contribution in [0.15, 0.2) is 48.6 Å². The lowest BCUT2D eigenvalue weighted by Crippen LogP contribution is -2.88. The summed E-state index contributed by atoms with van der Waals surface area (Å²) in [5.74, 6) is -9.57. The molecule has 6 atom stereocenters. The van der Waals surface area contributed by atoms with Gasteiger partial charge in [-0.15, -0.1) is 0 Å². The van der Waals surface area contributed by atoms with E-state index in [1.807, 2.05) is 55.4 Å². The van der Waals surface area contributed by atoms with Crippen LogP contribution in [0.2, 0.25) is 0 Å². The molecule has 0 N–H and O–H groups in total. The van der Waals surface area contributed by atoms with Gasteiger partial charge in [0.15, 0.2) is 23.4 Å². The average molecular weight is 841 g/mol. The molecule has 6 unspecified atom stereocenters. The Kier molecular flexibility index (Phi) is 20.1. The van der Waals surface area contributed by atoms with E-state index in [0.29, 0.717) is 12.8 Å². The summed E-state index contributed by atoms with van der Waals surface area (Å²) >= 11 is 0. The molecule has 14 nitrogen and oxygen atoms in total. The van der Waals surface area contributed by atoms with Gasteiger partial charge in [0.1, 0.15) is 0 Å². The summed E-state index contributed by atoms with van der Waals surface area (Å²) in [5, 5.41) is 0. The first kappa shape index (κ1) is 52.6. The van der Waals surface area contributed by atoms with Crippen molar-refractivity contribution in [1.82, 2.24) is 0 Å². The first-order chi connectivity index (χ1) is 28.0. The van der Waals surface area contributed by atoms with Crippen molar-refractivity contribution in [2.75, 3.05) is 66.1 Å². The van der Waals surface area contributed by atoms with E-state index in [2.05, 4.69) is 13.2 Å². The van der Waals surface area contributed by atoms with E-state index in [-0.39, 0.29) is 77.2 Å². The van der Waals surface area contributed by atoms with E-state index < -0.39 is 63.9 Å². The van der Waals surface area contributed by atoms with Crippen LogP contribution in [0.1, 0.15) is 110 Å². The van der Waals surface area contributed by atoms with Crippen LogP contribution < -0.4 is 0 Å². The van der Waals surface area contributed by atoms with Crippen LogP contribution in [0.3, 0.4) is 0 Å². The minimum atomic E-state index is -2.09. The second-order valence-electron chi connectivity index (χ2n) is 14.8. The number of carbonyl (C=O) groups excluding carboxylic acids is 2. The van der Waals surface area contributed by atoms with Crippen LogP contribution in [-0.4, -0.2) is 125 Å². The predicted molar refractivity (Wildman–Crippen MR) is 223 cm³/mol. The molecular formula is C45H76O14. The highest BCUT2D eigenvalue weighted by molar-refractivity contribution is 5.87. The Morgan fingerprint density at radius 3 is 1.02 bits per heavy atom. The number of hydrogen-bond acceptors (Lipinski definition) is 14. The number of ether oxygens (including phenoxy) is 12. The fourth-order valence-electron chi connectivity index (χ4n) is 8.56. The molecule has 0 saturated carbocycles. The summed E-state index contributed by atoms with van der Waals surface area (Å²) in [7, 11) is 0. The summed E-state index contributed by atoms with van der Waals surface area (Å²) in [6, 6.07) is 0. The Morgan fingerprint density at radius 2 is 0.780 bits per heavy atom. The molecule has 0 aliphatic heterocycles. The van der Waals surface area contributed by atoms with E-state index in [9.17, 15) is 9.59 Å². The lowest BCUT2D eigenvalue weighted by Gasteiger charge is -2.69. The lowest BCUT2D eigenvalue weighted by atomic mass is 9.52. The lowest BCUT2D eigenvalue weighted by molar-refractivity contribution is -0.505. The van der Waals surface area contributed by atoms with E-state index in [1.165, 1.54) is 0 Å². The van der Waals surface area contributed by atoms with Gasteiger partial charge in [0, 0.05) is 69.4 Å². The van der Waals surface area contributed by atoms with Crippen LogP contribution in [0, 0.1) is 5.41 Å². The van der Waals surface area contributed by atoms with Gasteiger partial charge in [0.2, 0.25) is 0 Å². The Morgan fingerprint density at radius 1 is 0.492 bits per heavy atom. The number of rotatable bonds is 28. The van der Waals surface area contributed by atoms with Crippen molar-refractivity contribution in [2.24, 2.45) is 5.41 Å². The molecule has 0 aromatic heterocycles. The number of carbonyl (C=O) groups is 2. The zero-order valence-corrected chi connectivity index (χ0v) is 38.6. The minimum Gasteiger partial charge on any atom is -0.449 e. The van der Waals surface area contributed by atoms with E-state index in [0.717, 1.165) is 0 Å². The van der Waals surface area contributed by atoms with Crippen molar-refractivity contribution in [2.45, 2.75) is 156 Å². The molecule has 2 aliphatic carbocycles. The van der Waals surface area contributed by atoms with Crippen molar-refractivity contribution >= 4 is 11.9 Å². The van der Waals surface area contributed by atoms with E-state index >= 15 is 0 Å². The van der Waals surface area contributed by atoms with Gasteiger partial charge in [0.05, 0.1) is 13.2 Å². The van der Waals surface area contributed by atoms with Crippen molar-refractivity contribution in [3.63, 3.8) is 0 Å². The third-order valence-corrected chi connectivity index (χ3v) is 10.6. The van der Waals surface area contributed by atoms with Crippen LogP contribution in [0.25, 0.3) is 0 Å². The molecule has 0 radical (unpaired) electrons. The highest BCUT2D eigenvalue weighted by Gasteiger charge is 2.86. The molecule has 2 rings (SSSR count). The first-order valence-electron chi connectivity index (χ1n) is 21.5. The van der Waals surface area contributed by atoms with Gasteiger partial charge >= 0.3 is 11.9 Å². The van der Waals surface area contributed by atoms with E-state index in [1.54, 1.807) is 65.8 Å². The number of hydrogen-bond donors (Lipinski definition) is 0. The molecule has 0 aromatic rings. The zero-order chi connectivity index (χ0) is 44.8. The maximum Gasteiger partial charge on any atom is 0.333 e. The van der Waals surface area contributed by atoms with Crippen LogP contribution >= 0.6 is 0 Å². The minimum absolute atomic E-state index is 0.0622. The quantitative estimate of drug-likeness (QED) is 0.0331. The summed E-state index contributed by atoms with van der Waals surface area (Å²) in [4.78, 5) is 26.9. The van der Waals surface area contributed by atoms with Crippen molar-refractivity contribution < 1.29 is 66.4 Å². The standard InChI is InChI=1S/C45H76O14/c1-17-31-56-44(54-25-9)40(48-19-3,29-27-35(58-37(46)33(11)12)42(44,50-21-5)51-22-6)39(15,16)41(49-20-4)30-28-36(59-38(47)34(13)14)43(52-23-7,53-24-8)45(41,55-26-10)57-32-18-2/h27-30,35-36H,11,13,17-26,31-32H2,1-10,12,14-16H3. The second kappa shape index (κ2) is 22.6. The van der Waals surface area contributed by atoms with Gasteiger partial charge < -0.3 is 56.8 Å². The topological polar surface area (TPSA) is 145 Å². The Hall–Kier alpha value is -2.50. The highest BCUT2D eigenvalue weighted by atomic mass is 16.8. The third-order valence-electron chi connectivity index (χ3n) is 10.6. The molecule has 0 heterocycles. The monoisotopic (exact) mass is 841 g/mol. The molecule has 0 amide bonds. The van der Waals surface area contributed by atoms with Crippen molar-refractivity contribution in [1.29, 1.82) is 0 Å². The maximum atomic E-state index is 13.4. The smallest absolute Gasteiger partial charge is 0.333 e. The number of esters is 2. The maximum absolute atomic E-state index is 13.4. The Balaban J connectivity index is 3.57. The SMILES string of the molecule is C=C(C)C(=O)OC1C=CC(OCC)(C(C)(C)C2(OCC)C=CC(OC(=O)C(=C)C)C(OCC)(OCC)C2(OCC)OCCC)C(OCC)(OCCC)C1(OCC)OCC. The van der Waals surface area contributed by atoms with Crippen molar-refractivity contribution in [3.05, 3.63) is 48.6 Å². The second-order valence-corrected chi connectivity index (χ2v) is 14.8. The molecule has 2 aliphatic rings. The van der Waals surface area contributed by atoms with Crippen LogP contribution in [0.5, 0.6) is 0 Å². The van der Waals surface area contributed by atoms with Crippen LogP contribution in [0.4, 0.5) is 0 Å². The Bertz CT molecular complexity index is 1320. The average Bonchev–Trinajstić information content (AvgIpc) is 3.18. The van der Waals surface area contributed by atoms with Crippen molar-refractivity contribution in [3.8, 4) is 0 Å². The van der Waals surface area contributed by atoms with Gasteiger partial charge in [-0.1, -0.05) is 40.9 Å². The molecular weight excluding hydrogens is 764 g/mol. The molecule has 14 heteroatoms. The molecule has 0 saturated heterocycles. The highest BCUT2D eigenvalue weighted by Crippen LogP contribution is 2.66. The molecule has 340 valence electrons. The predicted octanol–water partition coefficient (Wildman–Crippen LogP) is 7.54. The summed E-state index contributed by atoms with van der Waals surface area (Å²) in [6.07, 6.45) is 5.49. The first-order valence-corrected chi connectivity index (χ1v) is 21.5. The normalized spacial score (nSPS) is 28.6. The molecule has 0 bridgehead atoms. The van der Waals surface area contributed by atoms with Gasteiger partial charge in [-0.25, -0.2) is 9.59 Å². The van der Waals surface area contributed by atoms with Gasteiger partial charge in [0.25, 0.3) is 23.1 Å². The van der Waals surface area contributed by atoms with E-state index in [4.69, 9.17) is 56.8 Å². The summed E-state index contributed by atoms with van der Waals surface area (Å²) < 4.78 is 82.1. The molecule has 0 fully saturated rings. The fourth-order valence-corrected chi connectivity index (χ4v) is 8.56. The molecule has 0 aromatic carbocycles. The van der Waals surface area contributed by atoms with Crippen LogP contribution in [-0.2, 0) is 66.4 Å². The summed E-state index contributed by atoms with van der Waals surface area (Å²) in [6.45, 7) is 34.0. The summed E-state index contributed by atoms with van der Waals surface area (Å²) in [5.41, 5.74) is -4.82. The third kappa shape index (κ3) is 8.91. The molecule has 59 heavy (non-hydrogen) atoms. The largest absolute Gasteiger partial charge is 0.449 e. The van der Waals surface area contributed by atoms with Gasteiger partial charge in [-0.05, 0) is 106 Å². The zero-order valence-electron chi connectivity index (χ0n) is 38.6.